The largest absolute Gasteiger partial charge is 0.492 e. The maximum Gasteiger partial charge on any atom is 0.193 e. The lowest BCUT2D eigenvalue weighted by Crippen LogP contribution is -2.40. The number of aliphatic imine (C=N–C) groups is 1. The molecule has 0 aromatic heterocycles. The molecular weight excluding hydrogens is 300 g/mol. The van der Waals surface area contributed by atoms with E-state index in [1.807, 2.05) is 19.2 Å². The summed E-state index contributed by atoms with van der Waals surface area (Å²) in [5.41, 5.74) is 1.53. The normalized spacial score (nSPS) is 17.4. The van der Waals surface area contributed by atoms with E-state index in [9.17, 15) is 0 Å². The van der Waals surface area contributed by atoms with Crippen molar-refractivity contribution in [3.05, 3.63) is 29.8 Å². The molecule has 0 saturated carbocycles. The number of guanidine groups is 1. The molecule has 5 heteroatoms. The molecule has 1 aliphatic rings. The van der Waals surface area contributed by atoms with Crippen molar-refractivity contribution in [3.8, 4) is 5.75 Å². The average molecular weight is 332 g/mol. The number of para-hydroxylation sites is 1. The molecule has 0 unspecified atom stereocenters. The van der Waals surface area contributed by atoms with Crippen molar-refractivity contribution in [2.45, 2.75) is 26.8 Å². The van der Waals surface area contributed by atoms with Crippen LogP contribution in [0.3, 0.4) is 0 Å². The Hall–Kier alpha value is -1.75. The lowest BCUT2D eigenvalue weighted by atomic mass is 9.93. The molecule has 0 bridgehead atoms. The monoisotopic (exact) mass is 332 g/mol. The van der Waals surface area contributed by atoms with E-state index < -0.39 is 0 Å². The molecule has 134 valence electrons. The third-order valence-corrected chi connectivity index (χ3v) is 4.39. The van der Waals surface area contributed by atoms with Crippen molar-refractivity contribution in [3.63, 3.8) is 0 Å². The predicted octanol–water partition coefficient (Wildman–Crippen LogP) is 2.43. The van der Waals surface area contributed by atoms with E-state index in [0.717, 1.165) is 43.5 Å². The van der Waals surface area contributed by atoms with Gasteiger partial charge in [-0.3, -0.25) is 4.99 Å². The second-order valence-electron chi connectivity index (χ2n) is 7.50. The van der Waals surface area contributed by atoms with Gasteiger partial charge in [0.1, 0.15) is 12.4 Å². The maximum atomic E-state index is 5.94. The zero-order valence-electron chi connectivity index (χ0n) is 15.8. The van der Waals surface area contributed by atoms with E-state index in [1.165, 1.54) is 6.42 Å². The summed E-state index contributed by atoms with van der Waals surface area (Å²) in [6.45, 7) is 9.07. The molecule has 24 heavy (non-hydrogen) atoms. The summed E-state index contributed by atoms with van der Waals surface area (Å²) in [6.07, 6.45) is 1.21. The second kappa shape index (κ2) is 8.38. The van der Waals surface area contributed by atoms with E-state index in [0.29, 0.717) is 12.0 Å². The zero-order valence-corrected chi connectivity index (χ0v) is 15.8. The van der Waals surface area contributed by atoms with Crippen molar-refractivity contribution in [1.82, 2.24) is 15.1 Å². The Kier molecular flexibility index (Phi) is 6.49. The molecule has 2 rings (SSSR count). The van der Waals surface area contributed by atoms with Crippen LogP contribution in [-0.4, -0.2) is 63.1 Å². The summed E-state index contributed by atoms with van der Waals surface area (Å²) in [5, 5.41) is 3.49. The minimum atomic E-state index is 0.366. The van der Waals surface area contributed by atoms with Gasteiger partial charge >= 0.3 is 0 Å². The predicted molar refractivity (Wildman–Crippen MR) is 101 cm³/mol. The number of likely N-dealkylation sites (N-methyl/N-ethyl adjacent to an activating group) is 1. The van der Waals surface area contributed by atoms with Crippen LogP contribution < -0.4 is 10.1 Å². The average Bonchev–Trinajstić information content (AvgIpc) is 2.89. The molecule has 0 atom stereocenters. The Balaban J connectivity index is 1.93. The van der Waals surface area contributed by atoms with E-state index in [2.05, 4.69) is 60.2 Å². The van der Waals surface area contributed by atoms with Gasteiger partial charge in [0.15, 0.2) is 5.96 Å². The number of benzene rings is 1. The molecule has 0 amide bonds. The van der Waals surface area contributed by atoms with E-state index in [4.69, 9.17) is 4.74 Å². The first-order valence-corrected chi connectivity index (χ1v) is 8.72. The van der Waals surface area contributed by atoms with E-state index in [1.54, 1.807) is 0 Å². The van der Waals surface area contributed by atoms with Crippen molar-refractivity contribution in [1.29, 1.82) is 0 Å². The zero-order chi connectivity index (χ0) is 17.6. The number of hydrogen-bond donors (Lipinski definition) is 1. The van der Waals surface area contributed by atoms with Gasteiger partial charge in [-0.25, -0.2) is 0 Å². The van der Waals surface area contributed by atoms with Crippen LogP contribution >= 0.6 is 0 Å². The van der Waals surface area contributed by atoms with Crippen LogP contribution in [0.5, 0.6) is 5.75 Å². The molecule has 1 heterocycles. The van der Waals surface area contributed by atoms with E-state index in [-0.39, 0.29) is 0 Å². The summed E-state index contributed by atoms with van der Waals surface area (Å²) in [7, 11) is 5.96. The van der Waals surface area contributed by atoms with Crippen molar-refractivity contribution in [2.24, 2.45) is 10.4 Å². The standard InChI is InChI=1S/C19H32N4O/c1-19(2)10-11-23(15-19)18(20-3)21-14-16-8-6-7-9-17(16)24-13-12-22(4)5/h6-9H,10-15H2,1-5H3,(H,20,21). The van der Waals surface area contributed by atoms with Crippen LogP contribution in [0.15, 0.2) is 29.3 Å². The smallest absolute Gasteiger partial charge is 0.193 e. The fourth-order valence-electron chi connectivity index (χ4n) is 2.93. The Morgan fingerprint density at radius 2 is 2.08 bits per heavy atom. The van der Waals surface area contributed by atoms with Gasteiger partial charge < -0.3 is 19.9 Å². The van der Waals surface area contributed by atoms with Crippen molar-refractivity contribution >= 4 is 5.96 Å². The summed E-state index contributed by atoms with van der Waals surface area (Å²) < 4.78 is 5.94. The molecule has 1 aliphatic heterocycles. The van der Waals surface area contributed by atoms with Gasteiger partial charge in [-0.1, -0.05) is 32.0 Å². The molecular formula is C19H32N4O. The summed E-state index contributed by atoms with van der Waals surface area (Å²) in [4.78, 5) is 8.92. The summed E-state index contributed by atoms with van der Waals surface area (Å²) in [6, 6.07) is 8.22. The van der Waals surface area contributed by atoms with Crippen LogP contribution in [0.1, 0.15) is 25.8 Å². The Morgan fingerprint density at radius 3 is 2.71 bits per heavy atom. The van der Waals surface area contributed by atoms with Crippen LogP contribution in [0.4, 0.5) is 0 Å². The maximum absolute atomic E-state index is 5.94. The lowest BCUT2D eigenvalue weighted by Gasteiger charge is -2.24. The van der Waals surface area contributed by atoms with Gasteiger partial charge in [0.2, 0.25) is 0 Å². The molecule has 5 nitrogen and oxygen atoms in total. The van der Waals surface area contributed by atoms with Crippen molar-refractivity contribution in [2.75, 3.05) is 47.4 Å². The highest BCUT2D eigenvalue weighted by Crippen LogP contribution is 2.28. The van der Waals surface area contributed by atoms with Gasteiger partial charge in [-0.15, -0.1) is 0 Å². The van der Waals surface area contributed by atoms with Crippen LogP contribution in [0, 0.1) is 5.41 Å². The number of nitrogens with one attached hydrogen (secondary N) is 1. The van der Waals surface area contributed by atoms with Crippen molar-refractivity contribution < 1.29 is 4.74 Å². The molecule has 1 aromatic rings. The molecule has 1 N–H and O–H groups in total. The Labute approximate surface area is 146 Å². The summed E-state index contributed by atoms with van der Waals surface area (Å²) >= 11 is 0. The van der Waals surface area contributed by atoms with Gasteiger partial charge in [0.05, 0.1) is 0 Å². The number of rotatable bonds is 6. The number of ether oxygens (including phenoxy) is 1. The van der Waals surface area contributed by atoms with Crippen LogP contribution in [-0.2, 0) is 6.54 Å². The van der Waals surface area contributed by atoms with Crippen LogP contribution in [0.25, 0.3) is 0 Å². The molecule has 1 saturated heterocycles. The SMILES string of the molecule is CN=C(NCc1ccccc1OCCN(C)C)N1CCC(C)(C)C1. The highest BCUT2D eigenvalue weighted by Gasteiger charge is 2.30. The van der Waals surface area contributed by atoms with Gasteiger partial charge in [0.25, 0.3) is 0 Å². The number of likely N-dealkylation sites (tertiary alicyclic amines) is 1. The van der Waals surface area contributed by atoms with Gasteiger partial charge in [0, 0.05) is 38.8 Å². The van der Waals surface area contributed by atoms with E-state index >= 15 is 0 Å². The number of nitrogens with zero attached hydrogens (tertiary/aromatic N) is 3. The first-order valence-electron chi connectivity index (χ1n) is 8.72. The first-order chi connectivity index (χ1) is 11.4. The Morgan fingerprint density at radius 1 is 1.33 bits per heavy atom. The first kappa shape index (κ1) is 18.6. The molecule has 0 radical (unpaired) electrons. The minimum absolute atomic E-state index is 0.366. The molecule has 1 fully saturated rings. The Bertz CT molecular complexity index is 554. The highest BCUT2D eigenvalue weighted by atomic mass is 16.5. The number of hydrogen-bond acceptors (Lipinski definition) is 3. The van der Waals surface area contributed by atoms with Crippen LogP contribution in [0.2, 0.25) is 0 Å². The fourth-order valence-corrected chi connectivity index (χ4v) is 2.93. The fraction of sp³-hybridized carbons (Fsp3) is 0.632. The van der Waals surface area contributed by atoms with Gasteiger partial charge in [-0.2, -0.15) is 0 Å². The molecule has 1 aromatic carbocycles. The quantitative estimate of drug-likeness (QED) is 0.642. The summed E-state index contributed by atoms with van der Waals surface area (Å²) in [5.74, 6) is 1.92. The molecule has 0 spiro atoms. The second-order valence-corrected chi connectivity index (χ2v) is 7.50. The lowest BCUT2D eigenvalue weighted by molar-refractivity contribution is 0.259. The van der Waals surface area contributed by atoms with Gasteiger partial charge in [-0.05, 0) is 32.0 Å². The third kappa shape index (κ3) is 5.41. The third-order valence-electron chi connectivity index (χ3n) is 4.39. The molecule has 0 aliphatic carbocycles. The highest BCUT2D eigenvalue weighted by molar-refractivity contribution is 5.80. The minimum Gasteiger partial charge on any atom is -0.492 e. The topological polar surface area (TPSA) is 40.1 Å².